The summed E-state index contributed by atoms with van der Waals surface area (Å²) >= 11 is 6.22. The lowest BCUT2D eigenvalue weighted by molar-refractivity contribution is -0.384. The minimum atomic E-state index is -0.468. The van der Waals surface area contributed by atoms with E-state index in [1.807, 2.05) is 29.2 Å². The topological polar surface area (TPSA) is 75.9 Å². The Morgan fingerprint density at radius 2 is 1.83 bits per heavy atom. The van der Waals surface area contributed by atoms with Crippen LogP contribution in [0.3, 0.4) is 0 Å². The monoisotopic (exact) mass is 431 g/mol. The van der Waals surface area contributed by atoms with Gasteiger partial charge in [-0.25, -0.2) is 0 Å². The highest BCUT2D eigenvalue weighted by Crippen LogP contribution is 2.30. The quantitative estimate of drug-likeness (QED) is 0.477. The second kappa shape index (κ2) is 9.80. The van der Waals surface area contributed by atoms with Crippen LogP contribution in [0, 0.1) is 10.1 Å². The van der Waals surface area contributed by atoms with Gasteiger partial charge in [-0.3, -0.25) is 14.9 Å². The lowest BCUT2D eigenvalue weighted by Crippen LogP contribution is -2.50. The largest absolute Gasteiger partial charge is 0.484 e. The van der Waals surface area contributed by atoms with E-state index in [0.29, 0.717) is 42.9 Å². The van der Waals surface area contributed by atoms with Crippen molar-refractivity contribution in [2.75, 3.05) is 37.7 Å². The third kappa shape index (κ3) is 5.21. The first-order valence-electron chi connectivity index (χ1n) is 10.1. The highest BCUT2D eigenvalue weighted by Gasteiger charge is 2.23. The number of carbonyl (C=O) groups is 1. The first-order valence-corrected chi connectivity index (χ1v) is 10.5. The van der Waals surface area contributed by atoms with E-state index in [1.54, 1.807) is 11.0 Å². The number of carbonyl (C=O) groups excluding carboxylic acids is 1. The second-order valence-electron chi connectivity index (χ2n) is 7.43. The van der Waals surface area contributed by atoms with Crippen molar-refractivity contribution in [1.82, 2.24) is 4.90 Å². The summed E-state index contributed by atoms with van der Waals surface area (Å²) in [5.74, 6) is 1.13. The van der Waals surface area contributed by atoms with Crippen LogP contribution in [-0.4, -0.2) is 48.5 Å². The summed E-state index contributed by atoms with van der Waals surface area (Å²) < 4.78 is 5.67. The van der Waals surface area contributed by atoms with Gasteiger partial charge in [0.2, 0.25) is 0 Å². The molecular formula is C22H26ClN3O4. The molecule has 1 unspecified atom stereocenters. The molecule has 0 bridgehead atoms. The second-order valence-corrected chi connectivity index (χ2v) is 7.83. The highest BCUT2D eigenvalue weighted by atomic mass is 35.5. The maximum atomic E-state index is 12.5. The Hall–Kier alpha value is -2.80. The van der Waals surface area contributed by atoms with Crippen molar-refractivity contribution < 1.29 is 14.5 Å². The fraction of sp³-hybridized carbons (Fsp3) is 0.409. The number of rotatable bonds is 7. The predicted molar refractivity (Wildman–Crippen MR) is 118 cm³/mol. The molecule has 1 aliphatic heterocycles. The number of nitrogens with zero attached hydrogens (tertiary/aromatic N) is 3. The molecule has 160 valence electrons. The van der Waals surface area contributed by atoms with E-state index in [-0.39, 0.29) is 18.2 Å². The van der Waals surface area contributed by atoms with Gasteiger partial charge in [-0.05, 0) is 36.1 Å². The summed E-state index contributed by atoms with van der Waals surface area (Å²) in [5, 5.41) is 11.2. The number of non-ortho nitro benzene ring substituents is 1. The molecule has 3 rings (SSSR count). The van der Waals surface area contributed by atoms with Gasteiger partial charge in [0.05, 0.1) is 15.6 Å². The molecule has 0 saturated carbocycles. The molecule has 8 heteroatoms. The Morgan fingerprint density at radius 1 is 1.17 bits per heavy atom. The molecule has 7 nitrogen and oxygen atoms in total. The zero-order valence-corrected chi connectivity index (χ0v) is 18.0. The van der Waals surface area contributed by atoms with Crippen molar-refractivity contribution in [2.24, 2.45) is 0 Å². The molecular weight excluding hydrogens is 406 g/mol. The van der Waals surface area contributed by atoms with Gasteiger partial charge in [0.25, 0.3) is 11.6 Å². The Kier molecular flexibility index (Phi) is 7.15. The van der Waals surface area contributed by atoms with Crippen molar-refractivity contribution in [3.05, 3.63) is 63.2 Å². The molecule has 1 amide bonds. The molecule has 1 heterocycles. The zero-order chi connectivity index (χ0) is 21.7. The van der Waals surface area contributed by atoms with Crippen LogP contribution in [0.25, 0.3) is 0 Å². The number of ether oxygens (including phenoxy) is 1. The summed E-state index contributed by atoms with van der Waals surface area (Å²) in [6.07, 6.45) is 1.08. The summed E-state index contributed by atoms with van der Waals surface area (Å²) in [6, 6.07) is 12.4. The van der Waals surface area contributed by atoms with Crippen LogP contribution >= 0.6 is 11.6 Å². The number of piperazine rings is 1. The van der Waals surface area contributed by atoms with Crippen LogP contribution in [0.2, 0.25) is 5.02 Å². The standard InChI is InChI=1S/C22H26ClN3O4/c1-3-16(2)17-4-7-19(8-5-17)30-15-22(27)25-12-10-24(11-13-25)21-9-6-18(26(28)29)14-20(21)23/h4-9,14,16H,3,10-13,15H2,1-2H3. The molecule has 0 aliphatic carbocycles. The smallest absolute Gasteiger partial charge is 0.271 e. The van der Waals surface area contributed by atoms with Gasteiger partial charge in [-0.1, -0.05) is 37.6 Å². The van der Waals surface area contributed by atoms with E-state index in [0.717, 1.165) is 12.1 Å². The Balaban J connectivity index is 1.50. The summed E-state index contributed by atoms with van der Waals surface area (Å²) in [7, 11) is 0. The lowest BCUT2D eigenvalue weighted by atomic mass is 9.99. The summed E-state index contributed by atoms with van der Waals surface area (Å²) in [5.41, 5.74) is 1.97. The number of halogens is 1. The van der Waals surface area contributed by atoms with Crippen LogP contribution in [0.4, 0.5) is 11.4 Å². The van der Waals surface area contributed by atoms with Crippen LogP contribution < -0.4 is 9.64 Å². The average Bonchev–Trinajstić information content (AvgIpc) is 2.77. The van der Waals surface area contributed by atoms with E-state index in [1.165, 1.54) is 17.7 Å². The van der Waals surface area contributed by atoms with Crippen LogP contribution in [0.1, 0.15) is 31.7 Å². The fourth-order valence-electron chi connectivity index (χ4n) is 3.43. The van der Waals surface area contributed by atoms with Gasteiger partial charge in [0, 0.05) is 38.3 Å². The summed E-state index contributed by atoms with van der Waals surface area (Å²) in [6.45, 7) is 6.64. The molecule has 2 aromatic rings. The molecule has 0 spiro atoms. The average molecular weight is 432 g/mol. The molecule has 0 aromatic heterocycles. The normalized spacial score (nSPS) is 15.0. The molecule has 30 heavy (non-hydrogen) atoms. The predicted octanol–water partition coefficient (Wildman–Crippen LogP) is 4.49. The molecule has 1 saturated heterocycles. The number of nitro groups is 1. The van der Waals surface area contributed by atoms with E-state index in [2.05, 4.69) is 13.8 Å². The fourth-order valence-corrected chi connectivity index (χ4v) is 3.72. The van der Waals surface area contributed by atoms with Gasteiger partial charge in [-0.15, -0.1) is 0 Å². The molecule has 1 fully saturated rings. The van der Waals surface area contributed by atoms with Crippen molar-refractivity contribution in [1.29, 1.82) is 0 Å². The first kappa shape index (κ1) is 21.9. The Labute approximate surface area is 181 Å². The highest BCUT2D eigenvalue weighted by molar-refractivity contribution is 6.33. The van der Waals surface area contributed by atoms with E-state index in [9.17, 15) is 14.9 Å². The van der Waals surface area contributed by atoms with Crippen molar-refractivity contribution >= 4 is 28.9 Å². The van der Waals surface area contributed by atoms with E-state index < -0.39 is 4.92 Å². The van der Waals surface area contributed by atoms with Crippen molar-refractivity contribution in [2.45, 2.75) is 26.2 Å². The van der Waals surface area contributed by atoms with Gasteiger partial charge in [-0.2, -0.15) is 0 Å². The number of hydrogen-bond donors (Lipinski definition) is 0. The Bertz CT molecular complexity index is 896. The molecule has 0 radical (unpaired) electrons. The first-order chi connectivity index (χ1) is 14.4. The third-order valence-corrected chi connectivity index (χ3v) is 5.84. The SMILES string of the molecule is CCC(C)c1ccc(OCC(=O)N2CCN(c3ccc([N+](=O)[O-])cc3Cl)CC2)cc1. The number of anilines is 1. The van der Waals surface area contributed by atoms with Gasteiger partial charge in [0.15, 0.2) is 6.61 Å². The van der Waals surface area contributed by atoms with Crippen LogP contribution in [0.15, 0.2) is 42.5 Å². The molecule has 0 N–H and O–H groups in total. The Morgan fingerprint density at radius 3 is 2.40 bits per heavy atom. The van der Waals surface area contributed by atoms with Crippen LogP contribution in [-0.2, 0) is 4.79 Å². The van der Waals surface area contributed by atoms with Crippen molar-refractivity contribution in [3.63, 3.8) is 0 Å². The molecule has 1 atom stereocenters. The summed E-state index contributed by atoms with van der Waals surface area (Å²) in [4.78, 5) is 26.7. The third-order valence-electron chi connectivity index (χ3n) is 5.54. The minimum absolute atomic E-state index is 0.000958. The number of hydrogen-bond acceptors (Lipinski definition) is 5. The van der Waals surface area contributed by atoms with Gasteiger partial charge >= 0.3 is 0 Å². The van der Waals surface area contributed by atoms with Crippen molar-refractivity contribution in [3.8, 4) is 5.75 Å². The van der Waals surface area contributed by atoms with Crippen LogP contribution in [0.5, 0.6) is 5.75 Å². The lowest BCUT2D eigenvalue weighted by Gasteiger charge is -2.36. The van der Waals surface area contributed by atoms with E-state index >= 15 is 0 Å². The number of benzene rings is 2. The number of nitro benzene ring substituents is 1. The molecule has 2 aromatic carbocycles. The molecule has 1 aliphatic rings. The maximum Gasteiger partial charge on any atom is 0.271 e. The zero-order valence-electron chi connectivity index (χ0n) is 17.2. The van der Waals surface area contributed by atoms with Gasteiger partial charge < -0.3 is 14.5 Å². The van der Waals surface area contributed by atoms with Gasteiger partial charge in [0.1, 0.15) is 5.75 Å². The minimum Gasteiger partial charge on any atom is -0.484 e. The number of amides is 1. The maximum absolute atomic E-state index is 12.5. The van der Waals surface area contributed by atoms with E-state index in [4.69, 9.17) is 16.3 Å².